The zero-order valence-corrected chi connectivity index (χ0v) is 15.0. The first kappa shape index (κ1) is 18.6. The maximum atomic E-state index is 12.7. The number of allylic oxidation sites excluding steroid dienone is 1. The number of ether oxygens (including phenoxy) is 1. The van der Waals surface area contributed by atoms with Crippen LogP contribution in [0.5, 0.6) is 0 Å². The standard InChI is InChI=1S/C20H25N3O3/c1-2-3-15-4-6-16(7-5-15)20-17(12-21)23(18(20)14-24)19(25)13-22-8-10-26-11-9-22/h2-7,17-18,20,24H,8-11,13-14H2,1H3/t17-,18-,20+/m1/s1. The van der Waals surface area contributed by atoms with E-state index in [0.717, 1.165) is 24.2 Å². The zero-order valence-electron chi connectivity index (χ0n) is 15.0. The van der Waals surface area contributed by atoms with Gasteiger partial charge in [0, 0.05) is 19.0 Å². The molecule has 2 heterocycles. The van der Waals surface area contributed by atoms with Crippen LogP contribution in [-0.2, 0) is 9.53 Å². The van der Waals surface area contributed by atoms with Gasteiger partial charge in [-0.05, 0) is 18.1 Å². The molecule has 2 fully saturated rings. The van der Waals surface area contributed by atoms with E-state index in [1.807, 2.05) is 48.2 Å². The number of amides is 1. The van der Waals surface area contributed by atoms with Crippen molar-refractivity contribution in [1.82, 2.24) is 9.80 Å². The third-order valence-corrected chi connectivity index (χ3v) is 5.16. The molecule has 138 valence electrons. The second kappa shape index (κ2) is 8.45. The number of benzene rings is 1. The number of nitriles is 1. The fraction of sp³-hybridized carbons (Fsp3) is 0.500. The van der Waals surface area contributed by atoms with Crippen molar-refractivity contribution in [2.75, 3.05) is 39.5 Å². The van der Waals surface area contributed by atoms with Crippen LogP contribution in [0.2, 0.25) is 0 Å². The van der Waals surface area contributed by atoms with E-state index >= 15 is 0 Å². The van der Waals surface area contributed by atoms with Crippen LogP contribution in [0.25, 0.3) is 6.08 Å². The number of morpholine rings is 1. The third kappa shape index (κ3) is 3.65. The monoisotopic (exact) mass is 355 g/mol. The number of aliphatic hydroxyl groups excluding tert-OH is 1. The number of rotatable bonds is 5. The minimum atomic E-state index is -0.534. The topological polar surface area (TPSA) is 76.8 Å². The molecule has 2 aliphatic rings. The molecule has 0 spiro atoms. The highest BCUT2D eigenvalue weighted by molar-refractivity contribution is 5.81. The van der Waals surface area contributed by atoms with Gasteiger partial charge < -0.3 is 14.7 Å². The van der Waals surface area contributed by atoms with Crippen LogP contribution in [0, 0.1) is 11.3 Å². The van der Waals surface area contributed by atoms with Crippen LogP contribution in [-0.4, -0.2) is 72.4 Å². The lowest BCUT2D eigenvalue weighted by molar-refractivity contribution is -0.149. The van der Waals surface area contributed by atoms with E-state index in [0.29, 0.717) is 13.2 Å². The molecule has 2 saturated heterocycles. The molecule has 2 aliphatic heterocycles. The van der Waals surface area contributed by atoms with Crippen molar-refractivity contribution in [1.29, 1.82) is 5.26 Å². The van der Waals surface area contributed by atoms with Gasteiger partial charge in [0.1, 0.15) is 6.04 Å². The van der Waals surface area contributed by atoms with Gasteiger partial charge in [0.2, 0.25) is 5.91 Å². The van der Waals surface area contributed by atoms with Crippen molar-refractivity contribution in [2.24, 2.45) is 0 Å². The molecule has 0 saturated carbocycles. The maximum absolute atomic E-state index is 12.7. The minimum Gasteiger partial charge on any atom is -0.394 e. The van der Waals surface area contributed by atoms with Crippen molar-refractivity contribution in [3.63, 3.8) is 0 Å². The van der Waals surface area contributed by atoms with Gasteiger partial charge in [-0.15, -0.1) is 0 Å². The average molecular weight is 355 g/mol. The van der Waals surface area contributed by atoms with E-state index in [4.69, 9.17) is 4.74 Å². The fourth-order valence-electron chi connectivity index (χ4n) is 3.80. The molecule has 3 atom stereocenters. The summed E-state index contributed by atoms with van der Waals surface area (Å²) in [5, 5.41) is 19.5. The molecule has 0 bridgehead atoms. The largest absolute Gasteiger partial charge is 0.394 e. The Bertz CT molecular complexity index is 689. The van der Waals surface area contributed by atoms with E-state index < -0.39 is 6.04 Å². The Balaban J connectivity index is 1.72. The minimum absolute atomic E-state index is 0.0979. The summed E-state index contributed by atoms with van der Waals surface area (Å²) in [4.78, 5) is 16.3. The Morgan fingerprint density at radius 1 is 1.35 bits per heavy atom. The second-order valence-corrected chi connectivity index (χ2v) is 6.71. The first-order valence-electron chi connectivity index (χ1n) is 9.04. The number of likely N-dealkylation sites (tertiary alicyclic amines) is 1. The van der Waals surface area contributed by atoms with Gasteiger partial charge in [-0.3, -0.25) is 9.69 Å². The van der Waals surface area contributed by atoms with Gasteiger partial charge in [0.15, 0.2) is 0 Å². The number of carbonyl (C=O) groups is 1. The van der Waals surface area contributed by atoms with Crippen molar-refractivity contribution >= 4 is 12.0 Å². The van der Waals surface area contributed by atoms with Crippen LogP contribution < -0.4 is 0 Å². The van der Waals surface area contributed by atoms with E-state index in [1.54, 1.807) is 4.90 Å². The Labute approximate surface area is 154 Å². The Morgan fingerprint density at radius 2 is 2.04 bits per heavy atom. The lowest BCUT2D eigenvalue weighted by atomic mass is 9.75. The first-order chi connectivity index (χ1) is 12.7. The SMILES string of the molecule is CC=Cc1ccc([C@H]2[C@@H](C#N)N(C(=O)CN3CCOCC3)[C@@H]2CO)cc1. The van der Waals surface area contributed by atoms with Crippen LogP contribution in [0.1, 0.15) is 24.0 Å². The fourth-order valence-corrected chi connectivity index (χ4v) is 3.80. The smallest absolute Gasteiger partial charge is 0.238 e. The van der Waals surface area contributed by atoms with E-state index in [9.17, 15) is 15.2 Å². The highest BCUT2D eigenvalue weighted by Crippen LogP contribution is 2.40. The molecule has 1 amide bonds. The zero-order chi connectivity index (χ0) is 18.5. The quantitative estimate of drug-likeness (QED) is 0.860. The molecule has 1 N–H and O–H groups in total. The van der Waals surface area contributed by atoms with E-state index in [-0.39, 0.29) is 31.0 Å². The van der Waals surface area contributed by atoms with Crippen LogP contribution in [0.15, 0.2) is 30.3 Å². The summed E-state index contributed by atoms with van der Waals surface area (Å²) in [6.07, 6.45) is 3.98. The van der Waals surface area contributed by atoms with Gasteiger partial charge in [-0.2, -0.15) is 5.26 Å². The van der Waals surface area contributed by atoms with Crippen molar-refractivity contribution in [2.45, 2.75) is 24.9 Å². The molecule has 6 heteroatoms. The molecule has 26 heavy (non-hydrogen) atoms. The van der Waals surface area contributed by atoms with Crippen LogP contribution in [0.3, 0.4) is 0 Å². The number of hydrogen-bond donors (Lipinski definition) is 1. The van der Waals surface area contributed by atoms with Gasteiger partial charge in [-0.1, -0.05) is 36.4 Å². The molecule has 0 unspecified atom stereocenters. The highest BCUT2D eigenvalue weighted by Gasteiger charge is 2.51. The maximum Gasteiger partial charge on any atom is 0.238 e. The Morgan fingerprint density at radius 3 is 2.62 bits per heavy atom. The van der Waals surface area contributed by atoms with E-state index in [1.165, 1.54) is 0 Å². The number of hydrogen-bond acceptors (Lipinski definition) is 5. The first-order valence-corrected chi connectivity index (χ1v) is 9.04. The van der Waals surface area contributed by atoms with Crippen molar-refractivity contribution in [3.05, 3.63) is 41.5 Å². The second-order valence-electron chi connectivity index (χ2n) is 6.71. The predicted molar refractivity (Wildman–Crippen MR) is 98.3 cm³/mol. The third-order valence-electron chi connectivity index (χ3n) is 5.16. The summed E-state index contributed by atoms with van der Waals surface area (Å²) >= 11 is 0. The molecular weight excluding hydrogens is 330 g/mol. The average Bonchev–Trinajstić information content (AvgIpc) is 2.64. The van der Waals surface area contributed by atoms with Gasteiger partial charge >= 0.3 is 0 Å². The lowest BCUT2D eigenvalue weighted by Gasteiger charge is -2.52. The van der Waals surface area contributed by atoms with Crippen LogP contribution in [0.4, 0.5) is 0 Å². The molecule has 6 nitrogen and oxygen atoms in total. The van der Waals surface area contributed by atoms with Gasteiger partial charge in [-0.25, -0.2) is 0 Å². The van der Waals surface area contributed by atoms with Crippen molar-refractivity contribution < 1.29 is 14.6 Å². The summed E-state index contributed by atoms with van der Waals surface area (Å²) < 4.78 is 5.30. The molecule has 0 radical (unpaired) electrons. The summed E-state index contributed by atoms with van der Waals surface area (Å²) in [6, 6.07) is 9.34. The number of nitrogens with zero attached hydrogens (tertiary/aromatic N) is 3. The van der Waals surface area contributed by atoms with Gasteiger partial charge in [0.25, 0.3) is 0 Å². The van der Waals surface area contributed by atoms with Crippen molar-refractivity contribution in [3.8, 4) is 6.07 Å². The molecule has 0 aliphatic carbocycles. The Hall–Kier alpha value is -2.20. The molecule has 0 aromatic heterocycles. The summed E-state index contributed by atoms with van der Waals surface area (Å²) in [5.41, 5.74) is 2.07. The highest BCUT2D eigenvalue weighted by atomic mass is 16.5. The summed E-state index contributed by atoms with van der Waals surface area (Å²) in [7, 11) is 0. The summed E-state index contributed by atoms with van der Waals surface area (Å²) in [5.74, 6) is -0.252. The van der Waals surface area contributed by atoms with E-state index in [2.05, 4.69) is 6.07 Å². The Kier molecular flexibility index (Phi) is 6.04. The molecular formula is C20H25N3O3. The molecule has 1 aromatic rings. The van der Waals surface area contributed by atoms with Crippen LogP contribution >= 0.6 is 0 Å². The predicted octanol–water partition coefficient (Wildman–Crippen LogP) is 1.23. The lowest BCUT2D eigenvalue weighted by Crippen LogP contribution is -2.66. The van der Waals surface area contributed by atoms with Gasteiger partial charge in [0.05, 0.1) is 38.5 Å². The number of carbonyl (C=O) groups excluding carboxylic acids is 1. The molecule has 1 aromatic carbocycles. The normalized spacial score (nSPS) is 26.5. The number of aliphatic hydroxyl groups is 1. The summed E-state index contributed by atoms with van der Waals surface area (Å²) in [6.45, 7) is 4.77. The molecule has 3 rings (SSSR count).